The number of nitrogens with zero attached hydrogens (tertiary/aromatic N) is 4. The second-order valence-corrected chi connectivity index (χ2v) is 1.58. The highest BCUT2D eigenvalue weighted by molar-refractivity contribution is 5.63. The summed E-state index contributed by atoms with van der Waals surface area (Å²) < 4.78 is 0. The molecule has 1 aromatic heterocycles. The summed E-state index contributed by atoms with van der Waals surface area (Å²) in [6.45, 7) is 6.67. The summed E-state index contributed by atoms with van der Waals surface area (Å²) >= 11 is 0. The van der Waals surface area contributed by atoms with Crippen LogP contribution in [0.1, 0.15) is 0 Å². The molecule has 0 fully saturated rings. The van der Waals surface area contributed by atoms with E-state index in [0.29, 0.717) is 11.4 Å². The molecule has 0 unspecified atom stereocenters. The zero-order valence-corrected chi connectivity index (χ0v) is 5.36. The second kappa shape index (κ2) is 2.82. The molecule has 0 N–H and O–H groups in total. The average molecular weight is 134 g/mol. The van der Waals surface area contributed by atoms with Gasteiger partial charge in [0.05, 0.1) is 12.4 Å². The van der Waals surface area contributed by atoms with E-state index in [1.165, 1.54) is 12.4 Å². The number of aliphatic imine (C=N–C) groups is 2. The van der Waals surface area contributed by atoms with Crippen molar-refractivity contribution in [3.8, 4) is 0 Å². The van der Waals surface area contributed by atoms with Crippen LogP contribution in [0.3, 0.4) is 0 Å². The fourth-order valence-electron chi connectivity index (χ4n) is 0.552. The average Bonchev–Trinajstić information content (AvgIpc) is 2.04. The Bertz CT molecular complexity index is 229. The Kier molecular flexibility index (Phi) is 1.84. The molecule has 0 aliphatic rings. The van der Waals surface area contributed by atoms with Crippen molar-refractivity contribution in [3.63, 3.8) is 0 Å². The molecule has 0 bridgehead atoms. The first-order valence-corrected chi connectivity index (χ1v) is 2.62. The standard InChI is InChI=1S/C6H6N4/c1-7-5-3-9-10-4-6(5)8-2/h3-4H,1-2H2. The normalized spacial score (nSPS) is 8.80. The Morgan fingerprint density at radius 1 is 1.00 bits per heavy atom. The molecule has 4 nitrogen and oxygen atoms in total. The zero-order valence-electron chi connectivity index (χ0n) is 5.36. The van der Waals surface area contributed by atoms with Gasteiger partial charge in [0.25, 0.3) is 0 Å². The zero-order chi connectivity index (χ0) is 7.40. The SMILES string of the molecule is C=Nc1cnncc1N=C. The van der Waals surface area contributed by atoms with E-state index in [2.05, 4.69) is 33.6 Å². The Labute approximate surface area is 58.4 Å². The van der Waals surface area contributed by atoms with Gasteiger partial charge in [-0.25, -0.2) is 0 Å². The van der Waals surface area contributed by atoms with Crippen LogP contribution in [0.5, 0.6) is 0 Å². The van der Waals surface area contributed by atoms with Gasteiger partial charge in [-0.3, -0.25) is 9.98 Å². The van der Waals surface area contributed by atoms with Crippen LogP contribution in [0.2, 0.25) is 0 Å². The van der Waals surface area contributed by atoms with Crippen molar-refractivity contribution < 1.29 is 0 Å². The van der Waals surface area contributed by atoms with E-state index in [4.69, 9.17) is 0 Å². The fraction of sp³-hybridized carbons (Fsp3) is 0. The topological polar surface area (TPSA) is 50.5 Å². The number of aromatic nitrogens is 2. The molecule has 0 aliphatic heterocycles. The molecule has 1 heterocycles. The first-order chi connectivity index (χ1) is 4.88. The van der Waals surface area contributed by atoms with E-state index in [-0.39, 0.29) is 0 Å². The molecule has 0 aromatic carbocycles. The van der Waals surface area contributed by atoms with Crippen molar-refractivity contribution in [1.29, 1.82) is 0 Å². The monoisotopic (exact) mass is 134 g/mol. The minimum Gasteiger partial charge on any atom is -0.261 e. The predicted molar refractivity (Wildman–Crippen MR) is 40.5 cm³/mol. The third-order valence-electron chi connectivity index (χ3n) is 1.03. The summed E-state index contributed by atoms with van der Waals surface area (Å²) in [5, 5.41) is 7.19. The third kappa shape index (κ3) is 1.05. The molecule has 0 atom stereocenters. The van der Waals surface area contributed by atoms with Crippen LogP contribution < -0.4 is 0 Å². The summed E-state index contributed by atoms with van der Waals surface area (Å²) in [4.78, 5) is 7.31. The maximum Gasteiger partial charge on any atom is 0.110 e. The predicted octanol–water partition coefficient (Wildman–Crippen LogP) is 1.14. The lowest BCUT2D eigenvalue weighted by Crippen LogP contribution is -1.76. The number of hydrogen-bond donors (Lipinski definition) is 0. The van der Waals surface area contributed by atoms with Gasteiger partial charge in [-0.2, -0.15) is 10.2 Å². The van der Waals surface area contributed by atoms with Crippen LogP contribution in [0.25, 0.3) is 0 Å². The molecule has 4 heteroatoms. The van der Waals surface area contributed by atoms with Crippen LogP contribution in [-0.2, 0) is 0 Å². The lowest BCUT2D eigenvalue weighted by Gasteiger charge is -1.93. The van der Waals surface area contributed by atoms with E-state index in [1.807, 2.05) is 0 Å². The quantitative estimate of drug-likeness (QED) is 0.569. The van der Waals surface area contributed by atoms with E-state index in [9.17, 15) is 0 Å². The summed E-state index contributed by atoms with van der Waals surface area (Å²) in [5.41, 5.74) is 1.20. The number of rotatable bonds is 2. The van der Waals surface area contributed by atoms with Gasteiger partial charge in [0, 0.05) is 0 Å². The van der Waals surface area contributed by atoms with Gasteiger partial charge in [0.1, 0.15) is 11.4 Å². The molecule has 0 radical (unpaired) electrons. The summed E-state index contributed by atoms with van der Waals surface area (Å²) in [6.07, 6.45) is 2.97. The number of hydrogen-bond acceptors (Lipinski definition) is 4. The molecule has 50 valence electrons. The minimum atomic E-state index is 0.602. The Morgan fingerprint density at radius 2 is 1.40 bits per heavy atom. The van der Waals surface area contributed by atoms with Crippen molar-refractivity contribution in [2.75, 3.05) is 0 Å². The molecule has 0 aliphatic carbocycles. The maximum absolute atomic E-state index is 3.66. The summed E-state index contributed by atoms with van der Waals surface area (Å²) in [5.74, 6) is 0. The Balaban J connectivity index is 3.20. The molecule has 0 saturated heterocycles. The molecule has 1 rings (SSSR count). The van der Waals surface area contributed by atoms with Crippen LogP contribution >= 0.6 is 0 Å². The second-order valence-electron chi connectivity index (χ2n) is 1.58. The first kappa shape index (κ1) is 6.54. The van der Waals surface area contributed by atoms with Gasteiger partial charge in [0.2, 0.25) is 0 Å². The molecular formula is C6H6N4. The highest BCUT2D eigenvalue weighted by Gasteiger charge is 1.94. The molecule has 1 aromatic rings. The third-order valence-corrected chi connectivity index (χ3v) is 1.03. The van der Waals surface area contributed by atoms with Crippen molar-refractivity contribution in [3.05, 3.63) is 12.4 Å². The Hall–Kier alpha value is -1.58. The van der Waals surface area contributed by atoms with Gasteiger partial charge in [-0.1, -0.05) is 0 Å². The first-order valence-electron chi connectivity index (χ1n) is 2.62. The summed E-state index contributed by atoms with van der Waals surface area (Å²) in [7, 11) is 0. The van der Waals surface area contributed by atoms with Crippen molar-refractivity contribution >= 4 is 24.8 Å². The molecule has 0 saturated carbocycles. The van der Waals surface area contributed by atoms with Gasteiger partial charge in [-0.15, -0.1) is 0 Å². The van der Waals surface area contributed by atoms with Crippen molar-refractivity contribution in [2.45, 2.75) is 0 Å². The van der Waals surface area contributed by atoms with Gasteiger partial charge < -0.3 is 0 Å². The molecule has 10 heavy (non-hydrogen) atoms. The highest BCUT2D eigenvalue weighted by atomic mass is 15.1. The van der Waals surface area contributed by atoms with E-state index in [0.717, 1.165) is 0 Å². The van der Waals surface area contributed by atoms with Gasteiger partial charge in [-0.05, 0) is 13.4 Å². The smallest absolute Gasteiger partial charge is 0.110 e. The van der Waals surface area contributed by atoms with Crippen molar-refractivity contribution in [1.82, 2.24) is 10.2 Å². The molecular weight excluding hydrogens is 128 g/mol. The van der Waals surface area contributed by atoms with Crippen LogP contribution in [0.15, 0.2) is 22.4 Å². The fourth-order valence-corrected chi connectivity index (χ4v) is 0.552. The van der Waals surface area contributed by atoms with E-state index in [1.54, 1.807) is 0 Å². The maximum atomic E-state index is 3.66. The lowest BCUT2D eigenvalue weighted by atomic mass is 10.4. The van der Waals surface area contributed by atoms with Crippen LogP contribution in [0, 0.1) is 0 Å². The molecule has 0 amide bonds. The van der Waals surface area contributed by atoms with Crippen molar-refractivity contribution in [2.24, 2.45) is 9.98 Å². The van der Waals surface area contributed by atoms with Gasteiger partial charge in [0.15, 0.2) is 0 Å². The highest BCUT2D eigenvalue weighted by Crippen LogP contribution is 2.22. The minimum absolute atomic E-state index is 0.602. The summed E-state index contributed by atoms with van der Waals surface area (Å²) in [6, 6.07) is 0. The lowest BCUT2D eigenvalue weighted by molar-refractivity contribution is 1.03. The van der Waals surface area contributed by atoms with E-state index >= 15 is 0 Å². The van der Waals surface area contributed by atoms with Gasteiger partial charge >= 0.3 is 0 Å². The Morgan fingerprint density at radius 3 is 1.70 bits per heavy atom. The largest absolute Gasteiger partial charge is 0.261 e. The van der Waals surface area contributed by atoms with Crippen LogP contribution in [0.4, 0.5) is 11.4 Å². The van der Waals surface area contributed by atoms with Crippen LogP contribution in [-0.4, -0.2) is 23.6 Å². The van der Waals surface area contributed by atoms with E-state index < -0.39 is 0 Å². The molecule has 0 spiro atoms.